The number of ether oxygens (including phenoxy) is 1. The number of rotatable bonds is 8. The number of methoxy groups -OCH3 is 1. The Kier molecular flexibility index (Phi) is 8.16. The molecular formula is C21H28N4O2. The molecule has 6 nitrogen and oxygen atoms in total. The van der Waals surface area contributed by atoms with E-state index in [1.807, 2.05) is 49.4 Å². The number of carbonyl (C=O) groups is 1. The van der Waals surface area contributed by atoms with Gasteiger partial charge in [0.2, 0.25) is 0 Å². The Morgan fingerprint density at radius 3 is 2.63 bits per heavy atom. The molecule has 1 amide bonds. The van der Waals surface area contributed by atoms with Crippen LogP contribution in [0.15, 0.2) is 53.5 Å². The highest BCUT2D eigenvalue weighted by Crippen LogP contribution is 2.17. The summed E-state index contributed by atoms with van der Waals surface area (Å²) in [5.41, 5.74) is 2.83. The van der Waals surface area contributed by atoms with E-state index >= 15 is 0 Å². The lowest BCUT2D eigenvalue weighted by Gasteiger charge is -2.13. The molecule has 2 aromatic rings. The lowest BCUT2D eigenvalue weighted by Crippen LogP contribution is -2.37. The van der Waals surface area contributed by atoms with Crippen molar-refractivity contribution in [3.63, 3.8) is 0 Å². The minimum Gasteiger partial charge on any atom is -0.496 e. The van der Waals surface area contributed by atoms with Crippen molar-refractivity contribution in [1.82, 2.24) is 16.0 Å². The first-order chi connectivity index (χ1) is 13.2. The Hall–Kier alpha value is -3.02. The number of nitrogens with one attached hydrogen (secondary N) is 3. The lowest BCUT2D eigenvalue weighted by atomic mass is 10.1. The molecule has 2 aromatic carbocycles. The Morgan fingerprint density at radius 1 is 1.07 bits per heavy atom. The molecule has 0 aliphatic rings. The predicted octanol–water partition coefficient (Wildman–Crippen LogP) is 2.35. The number of carbonyl (C=O) groups excluding carboxylic acids is 1. The quantitative estimate of drug-likeness (QED) is 0.494. The van der Waals surface area contributed by atoms with Crippen LogP contribution in [0, 0.1) is 0 Å². The van der Waals surface area contributed by atoms with E-state index in [4.69, 9.17) is 4.74 Å². The summed E-state index contributed by atoms with van der Waals surface area (Å²) in [4.78, 5) is 16.2. The molecule has 0 fully saturated rings. The molecule has 0 saturated carbocycles. The minimum atomic E-state index is -0.0568. The van der Waals surface area contributed by atoms with Gasteiger partial charge in [-0.1, -0.05) is 30.3 Å². The van der Waals surface area contributed by atoms with Gasteiger partial charge in [0.15, 0.2) is 5.96 Å². The van der Waals surface area contributed by atoms with Crippen molar-refractivity contribution in [2.24, 2.45) is 4.99 Å². The van der Waals surface area contributed by atoms with Gasteiger partial charge in [0, 0.05) is 32.2 Å². The summed E-state index contributed by atoms with van der Waals surface area (Å²) in [6, 6.07) is 15.6. The van der Waals surface area contributed by atoms with Gasteiger partial charge in [-0.3, -0.25) is 9.79 Å². The fourth-order valence-corrected chi connectivity index (χ4v) is 2.72. The van der Waals surface area contributed by atoms with Crippen molar-refractivity contribution in [3.8, 4) is 5.75 Å². The Balaban J connectivity index is 1.85. The van der Waals surface area contributed by atoms with Crippen molar-refractivity contribution >= 4 is 11.9 Å². The molecule has 0 bridgehead atoms. The Labute approximate surface area is 161 Å². The first-order valence-corrected chi connectivity index (χ1v) is 9.11. The molecule has 2 rings (SSSR count). The molecule has 0 heterocycles. The first-order valence-electron chi connectivity index (χ1n) is 9.11. The summed E-state index contributed by atoms with van der Waals surface area (Å²) in [5.74, 6) is 1.55. The second-order valence-electron chi connectivity index (χ2n) is 5.97. The van der Waals surface area contributed by atoms with Crippen LogP contribution in [0.5, 0.6) is 5.75 Å². The summed E-state index contributed by atoms with van der Waals surface area (Å²) < 4.78 is 5.38. The van der Waals surface area contributed by atoms with E-state index in [1.165, 1.54) is 0 Å². The fourth-order valence-electron chi connectivity index (χ4n) is 2.72. The van der Waals surface area contributed by atoms with Crippen LogP contribution in [-0.2, 0) is 13.0 Å². The van der Waals surface area contributed by atoms with Crippen molar-refractivity contribution in [2.45, 2.75) is 19.9 Å². The van der Waals surface area contributed by atoms with Gasteiger partial charge < -0.3 is 20.7 Å². The monoisotopic (exact) mass is 368 g/mol. The number of guanidine groups is 1. The SMILES string of the molecule is CCNC(=O)c1cccc(CNC(=NC)NCCc2ccccc2OC)c1. The number of hydrogen-bond acceptors (Lipinski definition) is 3. The third-order valence-electron chi connectivity index (χ3n) is 4.09. The number of benzene rings is 2. The summed E-state index contributed by atoms with van der Waals surface area (Å²) in [6.07, 6.45) is 0.831. The van der Waals surface area contributed by atoms with Crippen LogP contribution < -0.4 is 20.7 Å². The van der Waals surface area contributed by atoms with Gasteiger partial charge in [-0.15, -0.1) is 0 Å². The van der Waals surface area contributed by atoms with Crippen LogP contribution in [-0.4, -0.2) is 39.1 Å². The zero-order valence-corrected chi connectivity index (χ0v) is 16.2. The van der Waals surface area contributed by atoms with E-state index < -0.39 is 0 Å². The van der Waals surface area contributed by atoms with E-state index in [0.29, 0.717) is 24.6 Å². The smallest absolute Gasteiger partial charge is 0.251 e. The highest BCUT2D eigenvalue weighted by Gasteiger charge is 2.06. The number of hydrogen-bond donors (Lipinski definition) is 3. The van der Waals surface area contributed by atoms with Crippen LogP contribution in [0.25, 0.3) is 0 Å². The van der Waals surface area contributed by atoms with Crippen LogP contribution in [0.3, 0.4) is 0 Å². The minimum absolute atomic E-state index is 0.0568. The molecule has 0 aliphatic carbocycles. The van der Waals surface area contributed by atoms with Gasteiger partial charge in [0.1, 0.15) is 5.75 Å². The van der Waals surface area contributed by atoms with Gasteiger partial charge >= 0.3 is 0 Å². The molecule has 0 saturated heterocycles. The van der Waals surface area contributed by atoms with E-state index in [1.54, 1.807) is 14.2 Å². The van der Waals surface area contributed by atoms with Gasteiger partial charge in [0.25, 0.3) is 5.91 Å². The van der Waals surface area contributed by atoms with Gasteiger partial charge in [-0.25, -0.2) is 0 Å². The summed E-state index contributed by atoms with van der Waals surface area (Å²) in [7, 11) is 3.42. The van der Waals surface area contributed by atoms with E-state index in [2.05, 4.69) is 27.0 Å². The molecule has 0 radical (unpaired) electrons. The Bertz CT molecular complexity index is 774. The molecule has 144 valence electrons. The molecule has 0 unspecified atom stereocenters. The summed E-state index contributed by atoms with van der Waals surface area (Å²) in [6.45, 7) is 3.84. The average Bonchev–Trinajstić information content (AvgIpc) is 2.71. The van der Waals surface area contributed by atoms with Crippen molar-refractivity contribution < 1.29 is 9.53 Å². The highest BCUT2D eigenvalue weighted by atomic mass is 16.5. The van der Waals surface area contributed by atoms with E-state index in [9.17, 15) is 4.79 Å². The highest BCUT2D eigenvalue weighted by molar-refractivity contribution is 5.94. The predicted molar refractivity (Wildman–Crippen MR) is 109 cm³/mol. The average molecular weight is 368 g/mol. The van der Waals surface area contributed by atoms with Crippen molar-refractivity contribution in [1.29, 1.82) is 0 Å². The largest absolute Gasteiger partial charge is 0.496 e. The van der Waals surface area contributed by atoms with E-state index in [-0.39, 0.29) is 5.91 Å². The van der Waals surface area contributed by atoms with Crippen molar-refractivity contribution in [3.05, 3.63) is 65.2 Å². The van der Waals surface area contributed by atoms with E-state index in [0.717, 1.165) is 29.8 Å². The van der Waals surface area contributed by atoms with Crippen LogP contribution in [0.4, 0.5) is 0 Å². The van der Waals surface area contributed by atoms with Crippen LogP contribution in [0.1, 0.15) is 28.4 Å². The van der Waals surface area contributed by atoms with Crippen molar-refractivity contribution in [2.75, 3.05) is 27.2 Å². The summed E-state index contributed by atoms with van der Waals surface area (Å²) >= 11 is 0. The first kappa shape index (κ1) is 20.3. The molecule has 0 aliphatic heterocycles. The van der Waals surface area contributed by atoms with Gasteiger partial charge in [-0.05, 0) is 42.7 Å². The third kappa shape index (κ3) is 6.33. The Morgan fingerprint density at radius 2 is 1.89 bits per heavy atom. The maximum absolute atomic E-state index is 11.9. The molecule has 3 N–H and O–H groups in total. The molecule has 6 heteroatoms. The van der Waals surface area contributed by atoms with Gasteiger partial charge in [-0.2, -0.15) is 0 Å². The topological polar surface area (TPSA) is 74.8 Å². The van der Waals surface area contributed by atoms with Gasteiger partial charge in [0.05, 0.1) is 7.11 Å². The summed E-state index contributed by atoms with van der Waals surface area (Å²) in [5, 5.41) is 9.39. The zero-order valence-electron chi connectivity index (χ0n) is 16.2. The fraction of sp³-hybridized carbons (Fsp3) is 0.333. The van der Waals surface area contributed by atoms with Crippen LogP contribution >= 0.6 is 0 Å². The number of amides is 1. The zero-order chi connectivity index (χ0) is 19.5. The molecule has 27 heavy (non-hydrogen) atoms. The second kappa shape index (κ2) is 10.9. The van der Waals surface area contributed by atoms with Crippen LogP contribution in [0.2, 0.25) is 0 Å². The molecular weight excluding hydrogens is 340 g/mol. The number of aliphatic imine (C=N–C) groups is 1. The molecule has 0 spiro atoms. The maximum Gasteiger partial charge on any atom is 0.251 e. The second-order valence-corrected chi connectivity index (χ2v) is 5.97. The number of nitrogens with zero attached hydrogens (tertiary/aromatic N) is 1. The molecule has 0 aromatic heterocycles. The lowest BCUT2D eigenvalue weighted by molar-refractivity contribution is 0.0955. The normalized spacial score (nSPS) is 11.0. The third-order valence-corrected chi connectivity index (χ3v) is 4.09. The maximum atomic E-state index is 11.9. The standard InChI is InChI=1S/C21H28N4O2/c1-4-23-20(26)18-10-7-8-16(14-18)15-25-21(22-2)24-13-12-17-9-5-6-11-19(17)27-3/h5-11,14H,4,12-13,15H2,1-3H3,(H,23,26)(H2,22,24,25). The number of para-hydroxylation sites is 1. The molecule has 0 atom stereocenters.